The fourth-order valence-corrected chi connectivity index (χ4v) is 1.65. The van der Waals surface area contributed by atoms with E-state index in [1.165, 1.54) is 19.3 Å². The molecular formula is C15H34O4. The lowest BCUT2D eigenvalue weighted by atomic mass is 10.1. The maximum absolute atomic E-state index is 8.91. The van der Waals surface area contributed by atoms with Crippen LogP contribution in [0.1, 0.15) is 71.1 Å². The Morgan fingerprint density at radius 2 is 1.16 bits per heavy atom. The maximum atomic E-state index is 8.91. The summed E-state index contributed by atoms with van der Waals surface area (Å²) in [5.74, 6) is 0. The molecule has 0 bridgehead atoms. The van der Waals surface area contributed by atoms with Crippen LogP contribution in [0, 0.1) is 0 Å². The number of aliphatic hydroxyl groups is 4. The normalized spacial score (nSPS) is 11.8. The number of hydrogen-bond acceptors (Lipinski definition) is 4. The zero-order chi connectivity index (χ0) is 14.8. The van der Waals surface area contributed by atoms with Crippen LogP contribution < -0.4 is 0 Å². The van der Waals surface area contributed by atoms with Crippen LogP contribution in [0.2, 0.25) is 0 Å². The summed E-state index contributed by atoms with van der Waals surface area (Å²) in [6.45, 7) is 2.67. The SMILES string of the molecule is CCCCCCC(O)CO.OCCCCCCCO. The van der Waals surface area contributed by atoms with Crippen molar-refractivity contribution in [2.24, 2.45) is 0 Å². The molecule has 1 atom stereocenters. The quantitative estimate of drug-likeness (QED) is 0.413. The standard InChI is InChI=1S/C8H18O2.C7H16O2/c1-2-3-4-5-6-8(10)7-9;8-6-4-2-1-3-5-7-9/h8-10H,2-7H2,1H3;8-9H,1-7H2. The van der Waals surface area contributed by atoms with Crippen molar-refractivity contribution in [2.45, 2.75) is 77.2 Å². The van der Waals surface area contributed by atoms with E-state index in [0.29, 0.717) is 13.2 Å². The highest BCUT2D eigenvalue weighted by atomic mass is 16.3. The first-order valence-electron chi connectivity index (χ1n) is 7.73. The van der Waals surface area contributed by atoms with E-state index in [-0.39, 0.29) is 6.61 Å². The van der Waals surface area contributed by atoms with Crippen LogP contribution in [-0.4, -0.2) is 46.4 Å². The first kappa shape index (κ1) is 21.1. The highest BCUT2D eigenvalue weighted by Crippen LogP contribution is 2.04. The van der Waals surface area contributed by atoms with E-state index >= 15 is 0 Å². The van der Waals surface area contributed by atoms with Gasteiger partial charge in [0.25, 0.3) is 0 Å². The zero-order valence-electron chi connectivity index (χ0n) is 12.6. The monoisotopic (exact) mass is 278 g/mol. The van der Waals surface area contributed by atoms with Crippen molar-refractivity contribution in [3.63, 3.8) is 0 Å². The first-order valence-corrected chi connectivity index (χ1v) is 7.73. The van der Waals surface area contributed by atoms with E-state index in [1.54, 1.807) is 0 Å². The van der Waals surface area contributed by atoms with E-state index in [2.05, 4.69) is 6.92 Å². The van der Waals surface area contributed by atoms with Crippen LogP contribution >= 0.6 is 0 Å². The minimum atomic E-state index is -0.489. The zero-order valence-corrected chi connectivity index (χ0v) is 12.6. The molecule has 0 aromatic heterocycles. The Morgan fingerprint density at radius 1 is 0.684 bits per heavy atom. The molecule has 0 aliphatic rings. The lowest BCUT2D eigenvalue weighted by Gasteiger charge is -2.04. The van der Waals surface area contributed by atoms with Crippen molar-refractivity contribution in [1.82, 2.24) is 0 Å². The van der Waals surface area contributed by atoms with Crippen molar-refractivity contribution >= 4 is 0 Å². The van der Waals surface area contributed by atoms with Crippen molar-refractivity contribution in [2.75, 3.05) is 19.8 Å². The van der Waals surface area contributed by atoms with E-state index in [1.807, 2.05) is 0 Å². The average molecular weight is 278 g/mol. The summed E-state index contributed by atoms with van der Waals surface area (Å²) in [5.41, 5.74) is 0. The molecule has 0 heterocycles. The van der Waals surface area contributed by atoms with Gasteiger partial charge in [-0.25, -0.2) is 0 Å². The highest BCUT2D eigenvalue weighted by molar-refractivity contribution is 4.52. The van der Waals surface area contributed by atoms with Gasteiger partial charge in [-0.1, -0.05) is 51.9 Å². The van der Waals surface area contributed by atoms with E-state index in [0.717, 1.165) is 44.9 Å². The number of hydrogen-bond donors (Lipinski definition) is 4. The van der Waals surface area contributed by atoms with Gasteiger partial charge in [0, 0.05) is 13.2 Å². The topological polar surface area (TPSA) is 80.9 Å². The molecule has 0 rings (SSSR count). The molecule has 0 aliphatic carbocycles. The lowest BCUT2D eigenvalue weighted by Crippen LogP contribution is -2.10. The number of unbranched alkanes of at least 4 members (excludes halogenated alkanes) is 7. The first-order chi connectivity index (χ1) is 9.22. The predicted molar refractivity (Wildman–Crippen MR) is 79.1 cm³/mol. The van der Waals surface area contributed by atoms with Gasteiger partial charge in [-0.15, -0.1) is 0 Å². The average Bonchev–Trinajstić information content (AvgIpc) is 2.44. The summed E-state index contributed by atoms with van der Waals surface area (Å²) in [6.07, 6.45) is 10.1. The molecule has 0 fully saturated rings. The van der Waals surface area contributed by atoms with Gasteiger partial charge in [-0.2, -0.15) is 0 Å². The largest absolute Gasteiger partial charge is 0.396 e. The van der Waals surface area contributed by atoms with Crippen LogP contribution in [0.25, 0.3) is 0 Å². The molecule has 1 unspecified atom stereocenters. The van der Waals surface area contributed by atoms with Gasteiger partial charge in [0.15, 0.2) is 0 Å². The smallest absolute Gasteiger partial charge is 0.0770 e. The minimum Gasteiger partial charge on any atom is -0.396 e. The molecule has 0 amide bonds. The van der Waals surface area contributed by atoms with Gasteiger partial charge in [-0.3, -0.25) is 0 Å². The molecule has 0 radical (unpaired) electrons. The van der Waals surface area contributed by atoms with Crippen molar-refractivity contribution in [3.05, 3.63) is 0 Å². The third-order valence-electron chi connectivity index (χ3n) is 2.92. The van der Waals surface area contributed by atoms with Crippen LogP contribution in [0.15, 0.2) is 0 Å². The Kier molecular flexibility index (Phi) is 22.4. The third-order valence-corrected chi connectivity index (χ3v) is 2.92. The Bertz CT molecular complexity index is 136. The molecule has 0 spiro atoms. The summed E-state index contributed by atoms with van der Waals surface area (Å²) in [6, 6.07) is 0. The molecule has 0 saturated heterocycles. The molecule has 0 saturated carbocycles. The third kappa shape index (κ3) is 23.4. The van der Waals surface area contributed by atoms with Gasteiger partial charge >= 0.3 is 0 Å². The summed E-state index contributed by atoms with van der Waals surface area (Å²) in [4.78, 5) is 0. The van der Waals surface area contributed by atoms with E-state index < -0.39 is 6.10 Å². The Labute approximate surface area is 118 Å². The Hall–Kier alpha value is -0.160. The fraction of sp³-hybridized carbons (Fsp3) is 1.00. The Balaban J connectivity index is 0. The summed E-state index contributed by atoms with van der Waals surface area (Å²) in [7, 11) is 0. The van der Waals surface area contributed by atoms with Crippen LogP contribution in [0.4, 0.5) is 0 Å². The summed E-state index contributed by atoms with van der Waals surface area (Å²) >= 11 is 0. The lowest BCUT2D eigenvalue weighted by molar-refractivity contribution is 0.0860. The minimum absolute atomic E-state index is 0.0911. The molecule has 4 N–H and O–H groups in total. The van der Waals surface area contributed by atoms with E-state index in [4.69, 9.17) is 20.4 Å². The molecule has 4 heteroatoms. The number of aliphatic hydroxyl groups excluding tert-OH is 4. The van der Waals surface area contributed by atoms with Crippen molar-refractivity contribution in [1.29, 1.82) is 0 Å². The molecule has 4 nitrogen and oxygen atoms in total. The molecule has 19 heavy (non-hydrogen) atoms. The second-order valence-electron chi connectivity index (χ2n) is 4.90. The van der Waals surface area contributed by atoms with Crippen molar-refractivity contribution in [3.8, 4) is 0 Å². The van der Waals surface area contributed by atoms with Crippen LogP contribution in [0.3, 0.4) is 0 Å². The molecule has 0 aromatic carbocycles. The second-order valence-corrected chi connectivity index (χ2v) is 4.90. The molecule has 0 aliphatic heterocycles. The van der Waals surface area contributed by atoms with Gasteiger partial charge in [0.05, 0.1) is 12.7 Å². The van der Waals surface area contributed by atoms with Gasteiger partial charge in [-0.05, 0) is 19.3 Å². The van der Waals surface area contributed by atoms with Crippen molar-refractivity contribution < 1.29 is 20.4 Å². The molecule has 118 valence electrons. The maximum Gasteiger partial charge on any atom is 0.0770 e. The van der Waals surface area contributed by atoms with Gasteiger partial charge < -0.3 is 20.4 Å². The van der Waals surface area contributed by atoms with Gasteiger partial charge in [0.2, 0.25) is 0 Å². The van der Waals surface area contributed by atoms with Crippen LogP contribution in [0.5, 0.6) is 0 Å². The molecule has 0 aromatic rings. The Morgan fingerprint density at radius 3 is 1.58 bits per heavy atom. The fourth-order valence-electron chi connectivity index (χ4n) is 1.65. The van der Waals surface area contributed by atoms with E-state index in [9.17, 15) is 0 Å². The predicted octanol–water partition coefficient (Wildman–Crippen LogP) is 2.23. The van der Waals surface area contributed by atoms with Gasteiger partial charge in [0.1, 0.15) is 0 Å². The molecular weight excluding hydrogens is 244 g/mol. The highest BCUT2D eigenvalue weighted by Gasteiger charge is 1.99. The second kappa shape index (κ2) is 20.2. The number of rotatable bonds is 12. The van der Waals surface area contributed by atoms with Crippen LogP contribution in [-0.2, 0) is 0 Å². The summed E-state index contributed by atoms with van der Waals surface area (Å²) in [5, 5.41) is 34.1. The summed E-state index contributed by atoms with van der Waals surface area (Å²) < 4.78 is 0.